The van der Waals surface area contributed by atoms with Crippen LogP contribution in [0.5, 0.6) is 0 Å². The van der Waals surface area contributed by atoms with Crippen LogP contribution in [0, 0.1) is 0 Å². The normalized spacial score (nSPS) is 23.9. The summed E-state index contributed by atoms with van der Waals surface area (Å²) in [6.45, 7) is 1.60. The summed E-state index contributed by atoms with van der Waals surface area (Å²) < 4.78 is 0. The first kappa shape index (κ1) is 7.61. The fourth-order valence-electron chi connectivity index (χ4n) is 1.66. The number of hydrazine groups is 1. The predicted molar refractivity (Wildman–Crippen MR) is 54.5 cm³/mol. The van der Waals surface area contributed by atoms with Crippen molar-refractivity contribution < 1.29 is 0 Å². The van der Waals surface area contributed by atoms with Gasteiger partial charge in [-0.15, -0.1) is 0 Å². The van der Waals surface area contributed by atoms with Gasteiger partial charge in [0, 0.05) is 30.5 Å². The summed E-state index contributed by atoms with van der Waals surface area (Å²) in [7, 11) is 0. The molecule has 3 aliphatic rings. The van der Waals surface area contributed by atoms with E-state index < -0.39 is 0 Å². The molecule has 3 rings (SSSR count). The number of nitrogens with two attached hydrogens (primary N) is 1. The van der Waals surface area contributed by atoms with Crippen LogP contribution in [-0.4, -0.2) is 29.6 Å². The van der Waals surface area contributed by atoms with Crippen LogP contribution >= 0.6 is 0 Å². The minimum Gasteiger partial charge on any atom is -0.386 e. The molecule has 0 spiro atoms. The Balaban J connectivity index is 1.91. The smallest absolute Gasteiger partial charge is 0.150 e. The molecule has 0 radical (unpaired) electrons. The molecule has 0 saturated carbocycles. The minimum absolute atomic E-state index is 0.647. The lowest BCUT2D eigenvalue weighted by Gasteiger charge is -2.25. The van der Waals surface area contributed by atoms with E-state index in [1.807, 2.05) is 17.3 Å². The quantitative estimate of drug-likeness (QED) is 0.597. The van der Waals surface area contributed by atoms with Crippen LogP contribution < -0.4 is 11.2 Å². The van der Waals surface area contributed by atoms with E-state index >= 15 is 0 Å². The highest BCUT2D eigenvalue weighted by atomic mass is 15.6. The van der Waals surface area contributed by atoms with Crippen LogP contribution in [0.2, 0.25) is 0 Å². The van der Waals surface area contributed by atoms with Gasteiger partial charge in [0.25, 0.3) is 0 Å². The molecule has 3 heterocycles. The molecule has 0 amide bonds. The molecule has 0 aromatic carbocycles. The Morgan fingerprint density at radius 3 is 3.07 bits per heavy atom. The van der Waals surface area contributed by atoms with Crippen molar-refractivity contribution in [2.24, 2.45) is 15.7 Å². The second-order valence-corrected chi connectivity index (χ2v) is 3.50. The van der Waals surface area contributed by atoms with Gasteiger partial charge in [-0.3, -0.25) is 10.0 Å². The summed E-state index contributed by atoms with van der Waals surface area (Å²) in [5.41, 5.74) is 11.1. The zero-order chi connectivity index (χ0) is 9.54. The molecule has 0 bridgehead atoms. The third kappa shape index (κ3) is 1.02. The molecule has 0 aromatic rings. The predicted octanol–water partition coefficient (Wildman–Crippen LogP) is -0.253. The minimum atomic E-state index is 0.647. The summed E-state index contributed by atoms with van der Waals surface area (Å²) in [6.07, 6.45) is 5.04. The first-order valence-electron chi connectivity index (χ1n) is 4.65. The average molecular weight is 189 g/mol. The lowest BCUT2D eigenvalue weighted by molar-refractivity contribution is 0.334. The van der Waals surface area contributed by atoms with Gasteiger partial charge >= 0.3 is 0 Å². The molecule has 0 fully saturated rings. The van der Waals surface area contributed by atoms with Gasteiger partial charge in [-0.1, -0.05) is 0 Å². The fraction of sp³-hybridized carbons (Fsp3) is 0.333. The molecule has 5 heteroatoms. The van der Waals surface area contributed by atoms with E-state index in [0.717, 1.165) is 30.1 Å². The van der Waals surface area contributed by atoms with Crippen LogP contribution in [0.4, 0.5) is 0 Å². The van der Waals surface area contributed by atoms with Gasteiger partial charge in [-0.05, 0) is 6.08 Å². The summed E-state index contributed by atoms with van der Waals surface area (Å²) in [4.78, 5) is 8.52. The Labute approximate surface area is 81.7 Å². The maximum absolute atomic E-state index is 5.64. The van der Waals surface area contributed by atoms with Crippen LogP contribution in [0.25, 0.3) is 0 Å². The van der Waals surface area contributed by atoms with Crippen molar-refractivity contribution in [1.82, 2.24) is 10.4 Å². The van der Waals surface area contributed by atoms with Crippen molar-refractivity contribution >= 4 is 11.5 Å². The third-order valence-corrected chi connectivity index (χ3v) is 2.50. The van der Waals surface area contributed by atoms with Gasteiger partial charge in [-0.25, -0.2) is 4.99 Å². The number of allylic oxidation sites excluding steroid dienone is 2. The first-order chi connectivity index (χ1) is 6.83. The maximum Gasteiger partial charge on any atom is 0.150 e. The lowest BCUT2D eigenvalue weighted by atomic mass is 10.0. The summed E-state index contributed by atoms with van der Waals surface area (Å²) in [5, 5.41) is 1.91. The van der Waals surface area contributed by atoms with E-state index in [9.17, 15) is 0 Å². The summed E-state index contributed by atoms with van der Waals surface area (Å²) >= 11 is 0. The Kier molecular flexibility index (Phi) is 1.41. The van der Waals surface area contributed by atoms with E-state index in [-0.39, 0.29) is 0 Å². The van der Waals surface area contributed by atoms with Crippen LogP contribution in [0.3, 0.4) is 0 Å². The molecular weight excluding hydrogens is 178 g/mol. The van der Waals surface area contributed by atoms with Gasteiger partial charge in [0.05, 0.1) is 6.54 Å². The van der Waals surface area contributed by atoms with Crippen molar-refractivity contribution in [3.63, 3.8) is 0 Å². The van der Waals surface area contributed by atoms with Gasteiger partial charge in [-0.2, -0.15) is 0 Å². The molecule has 14 heavy (non-hydrogen) atoms. The molecule has 3 aliphatic heterocycles. The van der Waals surface area contributed by atoms with E-state index in [0.29, 0.717) is 12.4 Å². The van der Waals surface area contributed by atoms with E-state index in [4.69, 9.17) is 5.73 Å². The molecule has 3 N–H and O–H groups in total. The van der Waals surface area contributed by atoms with Crippen molar-refractivity contribution in [3.8, 4) is 0 Å². The number of nitrogens with zero attached hydrogens (tertiary/aromatic N) is 3. The number of hydrogen-bond donors (Lipinski definition) is 2. The lowest BCUT2D eigenvalue weighted by Crippen LogP contribution is -2.37. The molecule has 72 valence electrons. The first-order valence-corrected chi connectivity index (χ1v) is 4.65. The van der Waals surface area contributed by atoms with Crippen molar-refractivity contribution in [3.05, 3.63) is 23.7 Å². The van der Waals surface area contributed by atoms with Gasteiger partial charge < -0.3 is 11.2 Å². The standard InChI is InChI=1S/C9H11N5/c10-8-5-14-9(13-8)3-6(4-12-14)7-1-2-11-7/h3-4,12H,1-2,5H2,(H2,10,13). The molecule has 0 aliphatic carbocycles. The van der Waals surface area contributed by atoms with Crippen LogP contribution in [0.15, 0.2) is 33.7 Å². The van der Waals surface area contributed by atoms with Gasteiger partial charge in [0.1, 0.15) is 11.7 Å². The Bertz CT molecular complexity index is 401. The number of fused-ring (bicyclic) bond motifs is 1. The molecular formula is C9H11N5. The fourth-order valence-corrected chi connectivity index (χ4v) is 1.66. The van der Waals surface area contributed by atoms with Crippen molar-refractivity contribution in [2.45, 2.75) is 6.42 Å². The van der Waals surface area contributed by atoms with Gasteiger partial charge in [0.15, 0.2) is 0 Å². The highest BCUT2D eigenvalue weighted by Crippen LogP contribution is 2.21. The number of amidine groups is 1. The van der Waals surface area contributed by atoms with Crippen molar-refractivity contribution in [2.75, 3.05) is 13.1 Å². The highest BCUT2D eigenvalue weighted by Gasteiger charge is 2.23. The van der Waals surface area contributed by atoms with E-state index in [1.165, 1.54) is 0 Å². The second-order valence-electron chi connectivity index (χ2n) is 3.50. The zero-order valence-corrected chi connectivity index (χ0v) is 7.70. The molecule has 0 atom stereocenters. The second kappa shape index (κ2) is 2.60. The number of aliphatic imine (C=N–C) groups is 2. The molecule has 0 aromatic heterocycles. The maximum atomic E-state index is 5.64. The highest BCUT2D eigenvalue weighted by molar-refractivity contribution is 6.05. The Morgan fingerprint density at radius 2 is 2.36 bits per heavy atom. The van der Waals surface area contributed by atoms with Crippen LogP contribution in [-0.2, 0) is 0 Å². The van der Waals surface area contributed by atoms with Crippen molar-refractivity contribution in [1.29, 1.82) is 0 Å². The summed E-state index contributed by atoms with van der Waals surface area (Å²) in [5.74, 6) is 1.53. The number of hydrogen-bond acceptors (Lipinski definition) is 5. The van der Waals surface area contributed by atoms with E-state index in [2.05, 4.69) is 15.4 Å². The summed E-state index contributed by atoms with van der Waals surface area (Å²) in [6, 6.07) is 0. The van der Waals surface area contributed by atoms with E-state index in [1.54, 1.807) is 0 Å². The monoisotopic (exact) mass is 189 g/mol. The van der Waals surface area contributed by atoms with Gasteiger partial charge in [0.2, 0.25) is 0 Å². The molecule has 0 unspecified atom stereocenters. The molecule has 0 saturated heterocycles. The Hall–Kier alpha value is -1.78. The third-order valence-electron chi connectivity index (χ3n) is 2.50. The SMILES string of the molecule is NC1=NC2=CC(C3=NCC3)=CNN2C1. The van der Waals surface area contributed by atoms with Crippen LogP contribution in [0.1, 0.15) is 6.42 Å². The largest absolute Gasteiger partial charge is 0.386 e. The average Bonchev–Trinajstić information content (AvgIpc) is 2.40. The zero-order valence-electron chi connectivity index (χ0n) is 7.70. The number of rotatable bonds is 1. The number of nitrogens with one attached hydrogen (secondary N) is 1. The molecule has 5 nitrogen and oxygen atoms in total. The topological polar surface area (TPSA) is 66.0 Å². The Morgan fingerprint density at radius 1 is 1.50 bits per heavy atom.